The Bertz CT molecular complexity index is 1620. The van der Waals surface area contributed by atoms with Gasteiger partial charge in [0.15, 0.2) is 0 Å². The number of nitrogens with zero attached hydrogens (tertiary/aromatic N) is 3. The Labute approximate surface area is 206 Å². The highest BCUT2D eigenvalue weighted by molar-refractivity contribution is 6.32. The van der Waals surface area contributed by atoms with Crippen LogP contribution in [0, 0.1) is 6.92 Å². The summed E-state index contributed by atoms with van der Waals surface area (Å²) in [6.45, 7) is 2.32. The van der Waals surface area contributed by atoms with E-state index in [1.54, 1.807) is 33.7 Å². The summed E-state index contributed by atoms with van der Waals surface area (Å²) < 4.78 is 8.48. The van der Waals surface area contributed by atoms with Gasteiger partial charge in [0.1, 0.15) is 23.3 Å². The molecule has 0 saturated carbocycles. The molecule has 0 bridgehead atoms. The Morgan fingerprint density at radius 2 is 1.89 bits per heavy atom. The van der Waals surface area contributed by atoms with Crippen LogP contribution in [0.4, 0.5) is 5.69 Å². The molecule has 0 saturated heterocycles. The molecule has 1 amide bonds. The molecule has 1 N–H and O–H groups in total. The fourth-order valence-electron chi connectivity index (χ4n) is 4.26. The second-order valence-corrected chi connectivity index (χ2v) is 8.77. The first-order valence-corrected chi connectivity index (χ1v) is 11.5. The van der Waals surface area contributed by atoms with Gasteiger partial charge in [-0.05, 0) is 42.8 Å². The summed E-state index contributed by atoms with van der Waals surface area (Å²) in [6.07, 6.45) is 1.57. The molecule has 3 aromatic carbocycles. The van der Waals surface area contributed by atoms with Crippen LogP contribution in [0.2, 0.25) is 5.02 Å². The number of carbonyl (C=O) groups excluding carboxylic acids is 1. The molecule has 0 radical (unpaired) electrons. The van der Waals surface area contributed by atoms with E-state index in [0.29, 0.717) is 34.0 Å². The number of hydrogen-bond acceptors (Lipinski definition) is 4. The molecule has 5 rings (SSSR count). The van der Waals surface area contributed by atoms with Crippen LogP contribution in [0.25, 0.3) is 21.9 Å². The average molecular weight is 487 g/mol. The van der Waals surface area contributed by atoms with Crippen molar-refractivity contribution in [1.82, 2.24) is 14.1 Å². The van der Waals surface area contributed by atoms with Gasteiger partial charge in [0.2, 0.25) is 5.91 Å². The lowest BCUT2D eigenvalue weighted by atomic mass is 10.1. The van der Waals surface area contributed by atoms with E-state index in [9.17, 15) is 9.59 Å². The summed E-state index contributed by atoms with van der Waals surface area (Å²) in [7, 11) is 1.53. The quantitative estimate of drug-likeness (QED) is 0.366. The molecule has 0 aliphatic carbocycles. The van der Waals surface area contributed by atoms with E-state index < -0.39 is 0 Å². The number of carbonyl (C=O) groups is 1. The molecule has 176 valence electrons. The van der Waals surface area contributed by atoms with Crippen LogP contribution in [0.15, 0.2) is 77.9 Å². The van der Waals surface area contributed by atoms with Gasteiger partial charge in [-0.1, -0.05) is 53.6 Å². The smallest absolute Gasteiger partial charge is 0.278 e. The number of methoxy groups -OCH3 is 1. The molecule has 0 aliphatic rings. The monoisotopic (exact) mass is 486 g/mol. The summed E-state index contributed by atoms with van der Waals surface area (Å²) in [5, 5.41) is 4.09. The van der Waals surface area contributed by atoms with Gasteiger partial charge in [-0.15, -0.1) is 0 Å². The van der Waals surface area contributed by atoms with Gasteiger partial charge in [0.05, 0.1) is 30.5 Å². The van der Waals surface area contributed by atoms with Crippen LogP contribution in [-0.4, -0.2) is 27.1 Å². The van der Waals surface area contributed by atoms with Crippen LogP contribution in [0.3, 0.4) is 0 Å². The number of fused-ring (bicyclic) bond motifs is 3. The molecule has 0 spiro atoms. The summed E-state index contributed by atoms with van der Waals surface area (Å²) in [6, 6.07) is 20.6. The Hall–Kier alpha value is -4.10. The highest BCUT2D eigenvalue weighted by atomic mass is 35.5. The number of nitrogens with one attached hydrogen (secondary N) is 1. The number of anilines is 1. The van der Waals surface area contributed by atoms with Crippen LogP contribution >= 0.6 is 11.6 Å². The molecule has 0 atom stereocenters. The summed E-state index contributed by atoms with van der Waals surface area (Å²) in [5.74, 6) is 0.232. The van der Waals surface area contributed by atoms with Crippen molar-refractivity contribution >= 4 is 45.1 Å². The molecule has 0 unspecified atom stereocenters. The number of rotatable bonds is 6. The van der Waals surface area contributed by atoms with Crippen molar-refractivity contribution in [2.45, 2.75) is 20.0 Å². The number of ether oxygens (including phenoxy) is 1. The van der Waals surface area contributed by atoms with Crippen molar-refractivity contribution in [3.05, 3.63) is 99.6 Å². The Kier molecular flexibility index (Phi) is 6.01. The zero-order valence-corrected chi connectivity index (χ0v) is 20.0. The number of benzene rings is 3. The summed E-state index contributed by atoms with van der Waals surface area (Å²) >= 11 is 6.20. The molecular weight excluding hydrogens is 464 g/mol. The molecule has 8 heteroatoms. The second-order valence-electron chi connectivity index (χ2n) is 8.36. The fraction of sp³-hybridized carbons (Fsp3) is 0.148. The largest absolute Gasteiger partial charge is 0.495 e. The summed E-state index contributed by atoms with van der Waals surface area (Å²) in [4.78, 5) is 31.3. The lowest BCUT2D eigenvalue weighted by Crippen LogP contribution is -2.25. The normalized spacial score (nSPS) is 11.2. The van der Waals surface area contributed by atoms with Crippen molar-refractivity contribution in [2.24, 2.45) is 0 Å². The van der Waals surface area contributed by atoms with E-state index in [0.717, 1.165) is 22.0 Å². The van der Waals surface area contributed by atoms with Crippen molar-refractivity contribution in [3.63, 3.8) is 0 Å². The molecule has 0 fully saturated rings. The molecular formula is C27H23ClN4O3. The van der Waals surface area contributed by atoms with Crippen LogP contribution < -0.4 is 15.6 Å². The second kappa shape index (κ2) is 9.27. The lowest BCUT2D eigenvalue weighted by Gasteiger charge is -2.11. The zero-order chi connectivity index (χ0) is 24.5. The fourth-order valence-corrected chi connectivity index (χ4v) is 4.52. The van der Waals surface area contributed by atoms with Crippen molar-refractivity contribution in [3.8, 4) is 5.75 Å². The number of aromatic nitrogens is 3. The predicted molar refractivity (Wildman–Crippen MR) is 138 cm³/mol. The minimum absolute atomic E-state index is 0.0566. The maximum Gasteiger partial charge on any atom is 0.278 e. The number of amides is 1. The first-order chi connectivity index (χ1) is 16.9. The van der Waals surface area contributed by atoms with Gasteiger partial charge in [-0.3, -0.25) is 14.2 Å². The van der Waals surface area contributed by atoms with Gasteiger partial charge in [-0.25, -0.2) is 4.98 Å². The number of aryl methyl sites for hydroxylation is 1. The first kappa shape index (κ1) is 22.7. The van der Waals surface area contributed by atoms with Gasteiger partial charge in [-0.2, -0.15) is 0 Å². The van der Waals surface area contributed by atoms with Crippen LogP contribution in [0.1, 0.15) is 11.1 Å². The van der Waals surface area contributed by atoms with Crippen molar-refractivity contribution in [1.29, 1.82) is 0 Å². The van der Waals surface area contributed by atoms with E-state index in [-0.39, 0.29) is 18.0 Å². The highest BCUT2D eigenvalue weighted by Crippen LogP contribution is 2.28. The van der Waals surface area contributed by atoms with E-state index in [4.69, 9.17) is 16.3 Å². The van der Waals surface area contributed by atoms with E-state index in [1.807, 2.05) is 55.5 Å². The summed E-state index contributed by atoms with van der Waals surface area (Å²) in [5.41, 5.74) is 4.12. The molecule has 2 aromatic heterocycles. The zero-order valence-electron chi connectivity index (χ0n) is 19.3. The third-order valence-electron chi connectivity index (χ3n) is 5.91. The lowest BCUT2D eigenvalue weighted by molar-refractivity contribution is -0.116. The third-order valence-corrected chi connectivity index (χ3v) is 6.21. The predicted octanol–water partition coefficient (Wildman–Crippen LogP) is 5.01. The maximum absolute atomic E-state index is 13.6. The molecule has 7 nitrogen and oxygen atoms in total. The van der Waals surface area contributed by atoms with Crippen LogP contribution in [-0.2, 0) is 17.9 Å². The third kappa shape index (κ3) is 4.38. The minimum atomic E-state index is -0.288. The van der Waals surface area contributed by atoms with E-state index in [2.05, 4.69) is 10.3 Å². The average Bonchev–Trinajstić information content (AvgIpc) is 3.14. The van der Waals surface area contributed by atoms with E-state index >= 15 is 0 Å². The number of halogens is 1. The molecule has 5 aromatic rings. The Balaban J connectivity index is 1.57. The van der Waals surface area contributed by atoms with Gasteiger partial charge in [0, 0.05) is 11.1 Å². The van der Waals surface area contributed by atoms with Crippen molar-refractivity contribution in [2.75, 3.05) is 12.4 Å². The van der Waals surface area contributed by atoms with Crippen LogP contribution in [0.5, 0.6) is 5.75 Å². The maximum atomic E-state index is 13.6. The van der Waals surface area contributed by atoms with Gasteiger partial charge in [0.25, 0.3) is 5.56 Å². The SMILES string of the molecule is COc1ccc(NC(=O)Cn2c3ccc(C)cc3c3ncn(Cc4ccccc4)c(=O)c32)cc1Cl. The standard InChI is InChI=1S/C27H23ClN4O3/c1-17-8-10-22-20(12-17)25-26(27(34)31(16-29-25)14-18-6-4-3-5-7-18)32(22)15-24(33)30-19-9-11-23(35-2)21(28)13-19/h3-13,16H,14-15H2,1-2H3,(H,30,33). The molecule has 2 heterocycles. The van der Waals surface area contributed by atoms with Crippen molar-refractivity contribution < 1.29 is 9.53 Å². The Morgan fingerprint density at radius 1 is 1.09 bits per heavy atom. The molecule has 0 aliphatic heterocycles. The molecule has 35 heavy (non-hydrogen) atoms. The topological polar surface area (TPSA) is 78.2 Å². The van der Waals surface area contributed by atoms with Gasteiger partial charge >= 0.3 is 0 Å². The number of hydrogen-bond donors (Lipinski definition) is 1. The first-order valence-electron chi connectivity index (χ1n) is 11.1. The Morgan fingerprint density at radius 3 is 2.63 bits per heavy atom. The highest BCUT2D eigenvalue weighted by Gasteiger charge is 2.19. The minimum Gasteiger partial charge on any atom is -0.495 e. The van der Waals surface area contributed by atoms with Gasteiger partial charge < -0.3 is 14.6 Å². The van der Waals surface area contributed by atoms with E-state index in [1.165, 1.54) is 7.11 Å².